The summed E-state index contributed by atoms with van der Waals surface area (Å²) in [6, 6.07) is -3.81. The number of esters is 4. The van der Waals surface area contributed by atoms with Crippen molar-refractivity contribution in [1.82, 2.24) is 10.6 Å². The summed E-state index contributed by atoms with van der Waals surface area (Å²) in [6.07, 6.45) is 63.2. The number of unbranched alkanes of at least 4 members (excludes halogenated alkanes) is 67. The van der Waals surface area contributed by atoms with E-state index < -0.39 is 170 Å². The molecule has 0 saturated carbocycles. The van der Waals surface area contributed by atoms with Gasteiger partial charge < -0.3 is 83.4 Å². The topological polar surface area (TPSA) is 395 Å². The second-order valence-electron chi connectivity index (χ2n) is 43.1. The summed E-state index contributed by atoms with van der Waals surface area (Å²) in [4.78, 5) is 131. The molecule has 0 aromatic heterocycles. The Morgan fingerprint density at radius 3 is 0.966 bits per heavy atom. The number of phosphoric ester groups is 2. The third-order valence-corrected chi connectivity index (χ3v) is 30.1. The van der Waals surface area contributed by atoms with Crippen molar-refractivity contribution in [2.24, 2.45) is 0 Å². The van der Waals surface area contributed by atoms with Gasteiger partial charge in [-0.1, -0.05) is 484 Å². The number of carbonyl (C=O) groups is 6. The molecule has 8 unspecified atom stereocenters. The van der Waals surface area contributed by atoms with Crippen LogP contribution in [0.15, 0.2) is 12.2 Å². The monoisotopic (exact) mass is 2120 g/mol. The summed E-state index contributed by atoms with van der Waals surface area (Å²) in [5, 5.41) is 41.4. The van der Waals surface area contributed by atoms with Gasteiger partial charge in [-0.25, -0.2) is 9.13 Å². The second kappa shape index (κ2) is 96.1. The molecule has 14 atom stereocenters. The highest BCUT2D eigenvalue weighted by Gasteiger charge is 2.55. The molecule has 2 rings (SSSR count). The number of aliphatic hydroxyl groups excluding tert-OH is 3. The van der Waals surface area contributed by atoms with E-state index in [4.69, 9.17) is 46.9 Å². The van der Waals surface area contributed by atoms with Gasteiger partial charge in [-0.3, -0.25) is 37.8 Å². The van der Waals surface area contributed by atoms with Gasteiger partial charge >= 0.3 is 39.5 Å². The van der Waals surface area contributed by atoms with Gasteiger partial charge in [-0.2, -0.15) is 0 Å². The van der Waals surface area contributed by atoms with E-state index in [1.807, 2.05) is 0 Å². The van der Waals surface area contributed by atoms with Crippen LogP contribution in [0.1, 0.15) is 594 Å². The molecule has 27 nitrogen and oxygen atoms in total. The molecule has 0 aromatic carbocycles. The predicted octanol–water partition coefficient (Wildman–Crippen LogP) is 29.6. The zero-order valence-electron chi connectivity index (χ0n) is 93.8. The summed E-state index contributed by atoms with van der Waals surface area (Å²) < 4.78 is 88.6. The average Bonchev–Trinajstić information content (AvgIpc) is 0.773. The first-order valence-corrected chi connectivity index (χ1v) is 63.9. The molecule has 9 N–H and O–H groups in total. The van der Waals surface area contributed by atoms with Gasteiger partial charge in [0.15, 0.2) is 24.8 Å². The summed E-state index contributed by atoms with van der Waals surface area (Å²) in [5.41, 5.74) is 0. The fraction of sp³-hybridized carbons (Fsp3) is 0.932. The van der Waals surface area contributed by atoms with Crippen molar-refractivity contribution >= 4 is 51.3 Å². The lowest BCUT2D eigenvalue weighted by Gasteiger charge is -2.47. The van der Waals surface area contributed by atoms with Crippen LogP contribution in [-0.4, -0.2) is 176 Å². The zero-order chi connectivity index (χ0) is 107. The van der Waals surface area contributed by atoms with E-state index in [2.05, 4.69) is 71.3 Å². The first-order valence-electron chi connectivity index (χ1n) is 60.9. The lowest BCUT2D eigenvalue weighted by molar-refractivity contribution is -0.297. The molecule has 2 fully saturated rings. The molecule has 2 saturated heterocycles. The van der Waals surface area contributed by atoms with Gasteiger partial charge in [-0.15, -0.1) is 0 Å². The van der Waals surface area contributed by atoms with E-state index in [-0.39, 0.29) is 38.5 Å². The highest BCUT2D eigenvalue weighted by molar-refractivity contribution is 7.46. The van der Waals surface area contributed by atoms with Gasteiger partial charge in [0.25, 0.3) is 0 Å². The molecule has 0 radical (unpaired) electrons. The van der Waals surface area contributed by atoms with Crippen molar-refractivity contribution in [2.45, 2.75) is 680 Å². The quantitative estimate of drug-likeness (QED) is 0.00898. The highest BCUT2D eigenvalue weighted by Crippen LogP contribution is 2.45. The molecule has 2 heterocycles. The SMILES string of the molecule is CCCCCC/C=C\CCCCCCCCOC(CCCCCCCCCCC)CC(=O)NC1[C@H](OCC2O[C@@H](OP(=O)(O)O)C(NC(=O)CC(CCCCCCCCCCC)OC(=O)CCCCCCCCCCCCCCC)[C@@H](OC(=O)CC(O)CCCCCCCCCCC)[C@@H]2O)OC(CO)[C@@H](OP(=O)(O)O)[C@@H]1OC(=O)CC(CCCCCCCCCCC)OC(=O)CCCCCCCCCCCCCCCC. The highest BCUT2D eigenvalue weighted by atomic mass is 31.2. The van der Waals surface area contributed by atoms with E-state index >= 15 is 9.59 Å². The number of nitrogens with one attached hydrogen (secondary N) is 2. The number of hydrogen-bond acceptors (Lipinski definition) is 21. The lowest BCUT2D eigenvalue weighted by Crippen LogP contribution is -2.68. The van der Waals surface area contributed by atoms with Crippen molar-refractivity contribution in [3.63, 3.8) is 0 Å². The van der Waals surface area contributed by atoms with Crippen LogP contribution in [-0.2, 0) is 84.8 Å². The van der Waals surface area contributed by atoms with Crippen LogP contribution in [0.2, 0.25) is 0 Å². The maximum absolute atomic E-state index is 15.4. The minimum Gasteiger partial charge on any atom is -0.462 e. The molecule has 2 aliphatic rings. The van der Waals surface area contributed by atoms with E-state index in [0.717, 1.165) is 283 Å². The van der Waals surface area contributed by atoms with E-state index in [1.54, 1.807) is 0 Å². The average molecular weight is 2120 g/mol. The third-order valence-electron chi connectivity index (χ3n) is 29.1. The van der Waals surface area contributed by atoms with Gasteiger partial charge in [0.1, 0.15) is 48.7 Å². The molecule has 0 spiro atoms. The standard InChI is InChI=1S/C117H222N2O25P2/c1-8-15-22-29-36-43-46-49-52-55-62-69-76-83-90-107(125)138-101(88-81-74-67-60-42-35-28-21-14-7)95-109(127)142-115-111(119-104(122)93-99(86-79-72-65-58-40-33-26-19-12-5)135-91-84-77-70-63-56-53-50-47-44-37-30-23-16-9-2)116(139-102(96-120)113(115)143-145(129,130)131)136-97-103-112(128)114(141-108(126)92-98(121)85-78-71-64-57-39-32-25-18-11-4)110(117(140-103)144-146(132,133)134)118-105(123)94-100(87-80-73-66-59-41-34-27-20-13-6)137-106(124)89-82-75-68-61-54-51-48-45-38-31-24-17-10-3/h44,47,98-103,110-117,120-121,128H,8-43,45-46,48-97H2,1-7H3,(H,118,123)(H,119,122)(H2,129,130,131)(H2,132,133,134)/b47-44-/t98?,99?,100?,101?,102?,103?,110?,111?,112-,113-,114-,115-,116-,117+/m1/s1. The van der Waals surface area contributed by atoms with Crippen LogP contribution in [0.25, 0.3) is 0 Å². The molecule has 0 bridgehead atoms. The number of rotatable bonds is 106. The van der Waals surface area contributed by atoms with E-state index in [1.165, 1.54) is 161 Å². The minimum absolute atomic E-state index is 0.0943. The Hall–Kier alpha value is -3.50. The summed E-state index contributed by atoms with van der Waals surface area (Å²) in [5.74, 6) is -4.73. The number of carbonyl (C=O) groups excluding carboxylic acids is 6. The Bertz CT molecular complexity index is 3190. The molecule has 860 valence electrons. The molecule has 0 aromatic rings. The van der Waals surface area contributed by atoms with Gasteiger partial charge in [-0.05, 0) is 83.5 Å². The summed E-state index contributed by atoms with van der Waals surface area (Å²) in [7, 11) is -11.4. The van der Waals surface area contributed by atoms with Gasteiger partial charge in [0.05, 0.1) is 51.1 Å². The third kappa shape index (κ3) is 79.5. The molecule has 2 amide bonds. The molecule has 29 heteroatoms. The molecule has 0 aliphatic carbocycles. The maximum atomic E-state index is 15.4. The normalized spacial score (nSPS) is 19.1. The van der Waals surface area contributed by atoms with Crippen LogP contribution in [0.5, 0.6) is 0 Å². The molecular formula is C117H222N2O25P2. The second-order valence-corrected chi connectivity index (χ2v) is 45.5. The summed E-state index contributed by atoms with van der Waals surface area (Å²) >= 11 is 0. The lowest BCUT2D eigenvalue weighted by atomic mass is 9.95. The van der Waals surface area contributed by atoms with Gasteiger partial charge in [0.2, 0.25) is 11.8 Å². The Balaban J connectivity index is 2.90. The van der Waals surface area contributed by atoms with E-state index in [0.29, 0.717) is 51.6 Å². The van der Waals surface area contributed by atoms with Crippen molar-refractivity contribution in [3.8, 4) is 0 Å². The minimum atomic E-state index is -5.73. The predicted molar refractivity (Wildman–Crippen MR) is 587 cm³/mol. The largest absolute Gasteiger partial charge is 0.472 e. The Labute approximate surface area is 888 Å². The molecule has 2 aliphatic heterocycles. The van der Waals surface area contributed by atoms with Crippen molar-refractivity contribution in [3.05, 3.63) is 12.2 Å². The zero-order valence-corrected chi connectivity index (χ0v) is 95.6. The van der Waals surface area contributed by atoms with Gasteiger partial charge in [0, 0.05) is 19.4 Å². The smallest absolute Gasteiger partial charge is 0.462 e. The Kier molecular flexibility index (Phi) is 91.2. The summed E-state index contributed by atoms with van der Waals surface area (Å²) in [6.45, 7) is 13.7. The van der Waals surface area contributed by atoms with Crippen LogP contribution >= 0.6 is 15.6 Å². The number of amides is 2. The number of ether oxygens (including phenoxy) is 8. The Morgan fingerprint density at radius 1 is 0.315 bits per heavy atom. The fourth-order valence-corrected chi connectivity index (χ4v) is 21.2. The van der Waals surface area contributed by atoms with Crippen LogP contribution in [0.3, 0.4) is 0 Å². The van der Waals surface area contributed by atoms with Crippen LogP contribution in [0.4, 0.5) is 0 Å². The number of allylic oxidation sites excluding steroid dienone is 2. The molecule has 146 heavy (non-hydrogen) atoms. The maximum Gasteiger partial charge on any atom is 0.472 e. The number of phosphoric acid groups is 2. The van der Waals surface area contributed by atoms with Crippen LogP contribution < -0.4 is 10.6 Å². The molecular weight excluding hydrogens is 1900 g/mol. The van der Waals surface area contributed by atoms with Crippen molar-refractivity contribution in [2.75, 3.05) is 19.8 Å². The van der Waals surface area contributed by atoms with Crippen molar-refractivity contribution < 1.29 is 120 Å². The fourth-order valence-electron chi connectivity index (χ4n) is 20.2. The number of hydrogen-bond donors (Lipinski definition) is 9. The first-order chi connectivity index (χ1) is 70.8. The first kappa shape index (κ1) is 139. The van der Waals surface area contributed by atoms with Crippen molar-refractivity contribution in [1.29, 1.82) is 0 Å². The number of aliphatic hydroxyl groups is 3. The van der Waals surface area contributed by atoms with Crippen LogP contribution in [0, 0.1) is 0 Å². The van der Waals surface area contributed by atoms with E-state index in [9.17, 15) is 63.2 Å². The Morgan fingerprint density at radius 2 is 0.603 bits per heavy atom.